The summed E-state index contributed by atoms with van der Waals surface area (Å²) in [5.74, 6) is 0.535. The summed E-state index contributed by atoms with van der Waals surface area (Å²) in [5.41, 5.74) is 6.71. The molecule has 1 aromatic carbocycles. The first-order valence-electron chi connectivity index (χ1n) is 8.36. The van der Waals surface area contributed by atoms with Crippen LogP contribution in [0.1, 0.15) is 10.5 Å². The van der Waals surface area contributed by atoms with Crippen LogP contribution >= 0.6 is 0 Å². The molecule has 0 bridgehead atoms. The van der Waals surface area contributed by atoms with Crippen molar-refractivity contribution in [3.63, 3.8) is 0 Å². The molecule has 0 aliphatic carbocycles. The van der Waals surface area contributed by atoms with Gasteiger partial charge in [-0.05, 0) is 6.07 Å². The van der Waals surface area contributed by atoms with Gasteiger partial charge in [0.1, 0.15) is 5.82 Å². The molecule has 0 spiro atoms. The summed E-state index contributed by atoms with van der Waals surface area (Å²) in [6.07, 6.45) is 0. The third-order valence-corrected chi connectivity index (χ3v) is 4.60. The highest BCUT2D eigenvalue weighted by molar-refractivity contribution is 6.04. The Bertz CT molecular complexity index is 1030. The van der Waals surface area contributed by atoms with E-state index in [2.05, 4.69) is 15.1 Å². The first-order chi connectivity index (χ1) is 12.5. The van der Waals surface area contributed by atoms with E-state index in [0.717, 1.165) is 10.9 Å². The SMILES string of the molecule is Cn1nc(C(=O)N2CCN(c3cc(=O)[nH]c(N)n3)CC2)c2ccccc21. The van der Waals surface area contributed by atoms with Crippen molar-refractivity contribution in [3.8, 4) is 0 Å². The fourth-order valence-electron chi connectivity index (χ4n) is 3.29. The Morgan fingerprint density at radius 1 is 1.19 bits per heavy atom. The summed E-state index contributed by atoms with van der Waals surface area (Å²) in [5, 5.41) is 5.26. The highest BCUT2D eigenvalue weighted by Gasteiger charge is 2.26. The maximum Gasteiger partial charge on any atom is 0.275 e. The summed E-state index contributed by atoms with van der Waals surface area (Å²) in [6.45, 7) is 2.20. The average molecular weight is 353 g/mol. The van der Waals surface area contributed by atoms with Crippen LogP contribution in [0.2, 0.25) is 0 Å². The summed E-state index contributed by atoms with van der Waals surface area (Å²) in [4.78, 5) is 34.8. The molecule has 1 aliphatic rings. The van der Waals surface area contributed by atoms with Crippen molar-refractivity contribution in [1.82, 2.24) is 24.6 Å². The lowest BCUT2D eigenvalue weighted by Crippen LogP contribution is -2.49. The summed E-state index contributed by atoms with van der Waals surface area (Å²) >= 11 is 0. The van der Waals surface area contributed by atoms with Gasteiger partial charge in [0.15, 0.2) is 5.69 Å². The van der Waals surface area contributed by atoms with Crippen molar-refractivity contribution in [2.75, 3.05) is 36.8 Å². The van der Waals surface area contributed by atoms with Gasteiger partial charge in [0, 0.05) is 44.7 Å². The topological polar surface area (TPSA) is 113 Å². The van der Waals surface area contributed by atoms with Crippen molar-refractivity contribution in [2.45, 2.75) is 0 Å². The number of fused-ring (bicyclic) bond motifs is 1. The number of nitrogens with one attached hydrogen (secondary N) is 1. The minimum atomic E-state index is -0.286. The van der Waals surface area contributed by atoms with E-state index in [0.29, 0.717) is 37.7 Å². The van der Waals surface area contributed by atoms with Crippen LogP contribution in [-0.4, -0.2) is 56.7 Å². The molecule has 134 valence electrons. The maximum absolute atomic E-state index is 12.9. The van der Waals surface area contributed by atoms with E-state index >= 15 is 0 Å². The van der Waals surface area contributed by atoms with E-state index < -0.39 is 0 Å². The molecule has 1 amide bonds. The number of carbonyl (C=O) groups is 1. The minimum Gasteiger partial charge on any atom is -0.369 e. The number of amides is 1. The number of aromatic nitrogens is 4. The number of benzene rings is 1. The Morgan fingerprint density at radius 2 is 1.92 bits per heavy atom. The number of para-hydroxylation sites is 1. The molecule has 1 fully saturated rings. The fraction of sp³-hybridized carbons (Fsp3) is 0.294. The second-order valence-corrected chi connectivity index (χ2v) is 6.26. The highest BCUT2D eigenvalue weighted by Crippen LogP contribution is 2.20. The summed E-state index contributed by atoms with van der Waals surface area (Å²) in [7, 11) is 1.83. The van der Waals surface area contributed by atoms with Crippen LogP contribution in [0.4, 0.5) is 11.8 Å². The van der Waals surface area contributed by atoms with Crippen molar-refractivity contribution >= 4 is 28.6 Å². The van der Waals surface area contributed by atoms with Gasteiger partial charge in [-0.2, -0.15) is 10.1 Å². The molecule has 9 nitrogen and oxygen atoms in total. The number of anilines is 2. The number of H-pyrrole nitrogens is 1. The molecular formula is C17H19N7O2. The largest absolute Gasteiger partial charge is 0.369 e. The monoisotopic (exact) mass is 353 g/mol. The molecular weight excluding hydrogens is 334 g/mol. The molecule has 3 aromatic rings. The van der Waals surface area contributed by atoms with E-state index in [9.17, 15) is 9.59 Å². The van der Waals surface area contributed by atoms with Crippen molar-refractivity contribution in [3.05, 3.63) is 46.4 Å². The number of nitrogens with zero attached hydrogens (tertiary/aromatic N) is 5. The van der Waals surface area contributed by atoms with Crippen LogP contribution < -0.4 is 16.2 Å². The van der Waals surface area contributed by atoms with Gasteiger partial charge < -0.3 is 15.5 Å². The van der Waals surface area contributed by atoms with Gasteiger partial charge in [0.25, 0.3) is 11.5 Å². The number of carbonyl (C=O) groups excluding carboxylic acids is 1. The van der Waals surface area contributed by atoms with Gasteiger partial charge in [-0.15, -0.1) is 0 Å². The number of nitrogen functional groups attached to an aromatic ring is 1. The van der Waals surface area contributed by atoms with Gasteiger partial charge in [-0.25, -0.2) is 0 Å². The standard InChI is InChI=1S/C17H19N7O2/c1-22-12-5-3-2-4-11(12)15(21-22)16(26)24-8-6-23(7-9-24)13-10-14(25)20-17(18)19-13/h2-5,10H,6-9H2,1H3,(H3,18,19,20,25). The van der Waals surface area contributed by atoms with E-state index in [1.807, 2.05) is 36.2 Å². The molecule has 26 heavy (non-hydrogen) atoms. The van der Waals surface area contributed by atoms with Crippen molar-refractivity contribution in [1.29, 1.82) is 0 Å². The molecule has 0 atom stereocenters. The second-order valence-electron chi connectivity index (χ2n) is 6.26. The minimum absolute atomic E-state index is 0.0835. The first-order valence-corrected chi connectivity index (χ1v) is 8.36. The molecule has 0 unspecified atom stereocenters. The predicted octanol–water partition coefficient (Wildman–Crippen LogP) is 0.201. The molecule has 9 heteroatoms. The molecule has 3 N–H and O–H groups in total. The van der Waals surface area contributed by atoms with Crippen LogP contribution in [0.15, 0.2) is 35.1 Å². The molecule has 0 saturated carbocycles. The van der Waals surface area contributed by atoms with Crippen LogP contribution in [0.25, 0.3) is 10.9 Å². The lowest BCUT2D eigenvalue weighted by atomic mass is 10.2. The Labute approximate surface area is 149 Å². The zero-order valence-corrected chi connectivity index (χ0v) is 14.3. The van der Waals surface area contributed by atoms with Crippen LogP contribution in [-0.2, 0) is 7.05 Å². The number of aryl methyl sites for hydroxylation is 1. The van der Waals surface area contributed by atoms with E-state index in [1.54, 1.807) is 9.58 Å². The van der Waals surface area contributed by atoms with Crippen LogP contribution in [0.5, 0.6) is 0 Å². The normalized spacial score (nSPS) is 14.8. The van der Waals surface area contributed by atoms with Gasteiger partial charge in [-0.1, -0.05) is 18.2 Å². The van der Waals surface area contributed by atoms with Gasteiger partial charge in [-0.3, -0.25) is 19.3 Å². The van der Waals surface area contributed by atoms with Gasteiger partial charge >= 0.3 is 0 Å². The lowest BCUT2D eigenvalue weighted by Gasteiger charge is -2.35. The fourth-order valence-corrected chi connectivity index (χ4v) is 3.29. The van der Waals surface area contributed by atoms with Crippen molar-refractivity contribution < 1.29 is 4.79 Å². The quantitative estimate of drug-likeness (QED) is 0.680. The molecule has 2 aromatic heterocycles. The van der Waals surface area contributed by atoms with Crippen LogP contribution in [0.3, 0.4) is 0 Å². The predicted molar refractivity (Wildman–Crippen MR) is 98.1 cm³/mol. The van der Waals surface area contributed by atoms with Crippen molar-refractivity contribution in [2.24, 2.45) is 7.05 Å². The number of piperazine rings is 1. The lowest BCUT2D eigenvalue weighted by molar-refractivity contribution is 0.0741. The van der Waals surface area contributed by atoms with E-state index in [1.165, 1.54) is 6.07 Å². The van der Waals surface area contributed by atoms with Gasteiger partial charge in [0.2, 0.25) is 5.95 Å². The zero-order chi connectivity index (χ0) is 18.3. The number of hydrogen-bond acceptors (Lipinski definition) is 6. The van der Waals surface area contributed by atoms with E-state index in [4.69, 9.17) is 5.73 Å². The number of aromatic amines is 1. The summed E-state index contributed by atoms with van der Waals surface area (Å²) < 4.78 is 1.72. The third kappa shape index (κ3) is 2.77. The smallest absolute Gasteiger partial charge is 0.275 e. The second kappa shape index (κ2) is 6.17. The highest BCUT2D eigenvalue weighted by atomic mass is 16.2. The van der Waals surface area contributed by atoms with E-state index in [-0.39, 0.29) is 17.4 Å². The first kappa shape index (κ1) is 16.1. The number of nitrogens with two attached hydrogens (primary N) is 1. The number of rotatable bonds is 2. The Balaban J connectivity index is 1.52. The Morgan fingerprint density at radius 3 is 2.65 bits per heavy atom. The summed E-state index contributed by atoms with van der Waals surface area (Å²) in [6, 6.07) is 9.11. The van der Waals surface area contributed by atoms with Gasteiger partial charge in [0.05, 0.1) is 5.52 Å². The third-order valence-electron chi connectivity index (χ3n) is 4.60. The van der Waals surface area contributed by atoms with Crippen LogP contribution in [0, 0.1) is 0 Å². The Kier molecular flexibility index (Phi) is 3.83. The maximum atomic E-state index is 12.9. The molecule has 3 heterocycles. The zero-order valence-electron chi connectivity index (χ0n) is 14.3. The molecule has 4 rings (SSSR count). The average Bonchev–Trinajstić information content (AvgIpc) is 2.98. The molecule has 1 saturated heterocycles. The molecule has 0 radical (unpaired) electrons. The number of hydrogen-bond donors (Lipinski definition) is 2. The Hall–Kier alpha value is -3.36. The molecule has 1 aliphatic heterocycles.